The number of aryl methyl sites for hydroxylation is 1. The van der Waals surface area contributed by atoms with Crippen molar-refractivity contribution < 1.29 is 4.79 Å². The van der Waals surface area contributed by atoms with E-state index in [9.17, 15) is 9.59 Å². The van der Waals surface area contributed by atoms with E-state index in [1.54, 1.807) is 18.5 Å². The standard InChI is InChI=1S/C23H22N6O2/c1-2-16-10-20-21(28-22(16)30)9-15(11-25-20)13-29-7-5-17(6-8-29)18-3-4-19(26-12-18)23(31)27-14-24/h3-5,9-12H,2,6-8,13H2,1H3,(H,27,31)(H,28,30). The van der Waals surface area contributed by atoms with Gasteiger partial charge in [-0.25, -0.2) is 0 Å². The Morgan fingerprint density at radius 2 is 2.16 bits per heavy atom. The van der Waals surface area contributed by atoms with E-state index in [1.165, 1.54) is 5.57 Å². The number of aromatic amines is 1. The minimum Gasteiger partial charge on any atom is -0.320 e. The molecule has 3 aromatic heterocycles. The van der Waals surface area contributed by atoms with E-state index in [4.69, 9.17) is 5.26 Å². The third kappa shape index (κ3) is 4.52. The number of nitriles is 1. The predicted octanol–water partition coefficient (Wildman–Crippen LogP) is 2.38. The largest absolute Gasteiger partial charge is 0.320 e. The number of rotatable bonds is 5. The van der Waals surface area contributed by atoms with Gasteiger partial charge in [0.05, 0.1) is 11.0 Å². The van der Waals surface area contributed by atoms with Crippen molar-refractivity contribution in [2.75, 3.05) is 13.1 Å². The first-order valence-corrected chi connectivity index (χ1v) is 10.2. The van der Waals surface area contributed by atoms with Crippen LogP contribution in [0.2, 0.25) is 0 Å². The van der Waals surface area contributed by atoms with Gasteiger partial charge in [-0.1, -0.05) is 19.1 Å². The molecular weight excluding hydrogens is 392 g/mol. The lowest BCUT2D eigenvalue weighted by Gasteiger charge is -2.26. The zero-order valence-electron chi connectivity index (χ0n) is 17.2. The van der Waals surface area contributed by atoms with Crippen molar-refractivity contribution >= 4 is 22.5 Å². The smallest absolute Gasteiger partial charge is 0.282 e. The van der Waals surface area contributed by atoms with Crippen molar-refractivity contribution in [1.82, 2.24) is 25.2 Å². The van der Waals surface area contributed by atoms with Gasteiger partial charge in [-0.3, -0.25) is 29.8 Å². The van der Waals surface area contributed by atoms with E-state index in [2.05, 4.69) is 31.2 Å². The molecule has 1 amide bonds. The molecule has 0 atom stereocenters. The number of H-pyrrole nitrogens is 1. The van der Waals surface area contributed by atoms with Crippen LogP contribution < -0.4 is 10.9 Å². The average Bonchev–Trinajstić information content (AvgIpc) is 2.79. The molecule has 0 fully saturated rings. The number of carbonyl (C=O) groups excluding carboxylic acids is 1. The normalized spacial score (nSPS) is 14.1. The molecule has 8 nitrogen and oxygen atoms in total. The molecule has 1 aliphatic rings. The SMILES string of the molecule is CCc1cc2ncc(CN3CC=C(c4ccc(C(=O)NC#N)nc4)CC3)cc2[nH]c1=O. The van der Waals surface area contributed by atoms with E-state index in [1.807, 2.05) is 31.3 Å². The molecule has 0 bridgehead atoms. The molecule has 31 heavy (non-hydrogen) atoms. The third-order valence-electron chi connectivity index (χ3n) is 5.44. The first-order valence-electron chi connectivity index (χ1n) is 10.2. The highest BCUT2D eigenvalue weighted by Crippen LogP contribution is 2.23. The maximum absolute atomic E-state index is 12.1. The second kappa shape index (κ2) is 8.90. The van der Waals surface area contributed by atoms with Crippen molar-refractivity contribution in [1.29, 1.82) is 5.26 Å². The lowest BCUT2D eigenvalue weighted by Crippen LogP contribution is -2.28. The summed E-state index contributed by atoms with van der Waals surface area (Å²) in [7, 11) is 0. The Morgan fingerprint density at radius 1 is 1.29 bits per heavy atom. The van der Waals surface area contributed by atoms with Crippen LogP contribution in [-0.4, -0.2) is 38.8 Å². The molecule has 156 valence electrons. The van der Waals surface area contributed by atoms with Gasteiger partial charge >= 0.3 is 0 Å². The molecule has 0 aromatic carbocycles. The molecule has 0 saturated carbocycles. The first-order chi connectivity index (χ1) is 15.1. The van der Waals surface area contributed by atoms with Gasteiger partial charge in [-0.2, -0.15) is 5.26 Å². The highest BCUT2D eigenvalue weighted by molar-refractivity contribution is 5.93. The van der Waals surface area contributed by atoms with Crippen molar-refractivity contribution in [3.05, 3.63) is 75.5 Å². The van der Waals surface area contributed by atoms with Crippen molar-refractivity contribution in [3.63, 3.8) is 0 Å². The van der Waals surface area contributed by atoms with Gasteiger partial charge in [0.1, 0.15) is 5.69 Å². The number of nitrogens with one attached hydrogen (secondary N) is 2. The van der Waals surface area contributed by atoms with Gasteiger partial charge in [0.25, 0.3) is 11.5 Å². The molecule has 3 aromatic rings. The van der Waals surface area contributed by atoms with Gasteiger partial charge < -0.3 is 4.98 Å². The van der Waals surface area contributed by atoms with Gasteiger partial charge in [0.15, 0.2) is 6.19 Å². The zero-order valence-corrected chi connectivity index (χ0v) is 17.2. The number of nitrogens with zero attached hydrogens (tertiary/aromatic N) is 4. The van der Waals surface area contributed by atoms with Crippen molar-refractivity contribution in [2.24, 2.45) is 0 Å². The lowest BCUT2D eigenvalue weighted by molar-refractivity contribution is 0.0968. The van der Waals surface area contributed by atoms with E-state index >= 15 is 0 Å². The van der Waals surface area contributed by atoms with Crippen LogP contribution in [0.1, 0.15) is 40.5 Å². The van der Waals surface area contributed by atoms with Crippen LogP contribution >= 0.6 is 0 Å². The molecular formula is C23H22N6O2. The topological polar surface area (TPSA) is 115 Å². The second-order valence-electron chi connectivity index (χ2n) is 7.47. The number of carbonyl (C=O) groups is 1. The van der Waals surface area contributed by atoms with Crippen LogP contribution in [0.5, 0.6) is 0 Å². The molecule has 1 aliphatic heterocycles. The summed E-state index contributed by atoms with van der Waals surface area (Å²) >= 11 is 0. The highest BCUT2D eigenvalue weighted by atomic mass is 16.1. The van der Waals surface area contributed by atoms with Gasteiger partial charge in [0.2, 0.25) is 0 Å². The molecule has 8 heteroatoms. The predicted molar refractivity (Wildman–Crippen MR) is 117 cm³/mol. The molecule has 4 heterocycles. The Balaban J connectivity index is 1.43. The van der Waals surface area contributed by atoms with E-state index in [0.29, 0.717) is 6.42 Å². The molecule has 4 rings (SSSR count). The summed E-state index contributed by atoms with van der Waals surface area (Å²) in [5, 5.41) is 10.6. The fraction of sp³-hybridized carbons (Fsp3) is 0.261. The average molecular weight is 414 g/mol. The molecule has 0 aliphatic carbocycles. The summed E-state index contributed by atoms with van der Waals surface area (Å²) in [5.74, 6) is -0.505. The summed E-state index contributed by atoms with van der Waals surface area (Å²) < 4.78 is 0. The Bertz CT molecular complexity index is 1250. The van der Waals surface area contributed by atoms with Crippen LogP contribution in [-0.2, 0) is 13.0 Å². The fourth-order valence-corrected chi connectivity index (χ4v) is 3.72. The van der Waals surface area contributed by atoms with Gasteiger partial charge in [-0.15, -0.1) is 0 Å². The Labute approximate surface area is 179 Å². The fourth-order valence-electron chi connectivity index (χ4n) is 3.72. The molecule has 0 saturated heterocycles. The number of aromatic nitrogens is 3. The zero-order chi connectivity index (χ0) is 21.8. The van der Waals surface area contributed by atoms with Crippen LogP contribution in [0.3, 0.4) is 0 Å². The minimum absolute atomic E-state index is 0.0516. The first kappa shape index (κ1) is 20.4. The number of amides is 1. The Hall–Kier alpha value is -3.83. The quantitative estimate of drug-likeness (QED) is 0.489. The van der Waals surface area contributed by atoms with Crippen LogP contribution in [0.15, 0.2) is 47.5 Å². The third-order valence-corrected chi connectivity index (χ3v) is 5.44. The van der Waals surface area contributed by atoms with Crippen molar-refractivity contribution in [3.8, 4) is 6.19 Å². The van der Waals surface area contributed by atoms with E-state index in [0.717, 1.165) is 53.8 Å². The van der Waals surface area contributed by atoms with Crippen LogP contribution in [0, 0.1) is 11.5 Å². The minimum atomic E-state index is -0.505. The lowest BCUT2D eigenvalue weighted by atomic mass is 10.0. The maximum atomic E-state index is 12.1. The van der Waals surface area contributed by atoms with E-state index in [-0.39, 0.29) is 11.3 Å². The Morgan fingerprint density at radius 3 is 2.84 bits per heavy atom. The summed E-state index contributed by atoms with van der Waals surface area (Å²) in [4.78, 5) is 37.6. The number of hydrogen-bond donors (Lipinski definition) is 2. The number of pyridine rings is 3. The van der Waals surface area contributed by atoms with Crippen LogP contribution in [0.4, 0.5) is 0 Å². The van der Waals surface area contributed by atoms with Gasteiger partial charge in [0, 0.05) is 37.6 Å². The van der Waals surface area contributed by atoms with Crippen molar-refractivity contribution in [2.45, 2.75) is 26.3 Å². The summed E-state index contributed by atoms with van der Waals surface area (Å²) in [6.07, 6.45) is 8.86. The maximum Gasteiger partial charge on any atom is 0.282 e. The van der Waals surface area contributed by atoms with E-state index < -0.39 is 5.91 Å². The molecule has 0 radical (unpaired) electrons. The summed E-state index contributed by atoms with van der Waals surface area (Å²) in [5.41, 5.74) is 5.70. The highest BCUT2D eigenvalue weighted by Gasteiger charge is 2.15. The summed E-state index contributed by atoms with van der Waals surface area (Å²) in [6, 6.07) is 7.34. The monoisotopic (exact) mass is 414 g/mol. The Kier molecular flexibility index (Phi) is 5.87. The molecule has 0 spiro atoms. The molecule has 0 unspecified atom stereocenters. The summed E-state index contributed by atoms with van der Waals surface area (Å²) in [6.45, 7) is 4.37. The molecule has 2 N–H and O–H groups in total. The van der Waals surface area contributed by atoms with Crippen LogP contribution in [0.25, 0.3) is 16.6 Å². The van der Waals surface area contributed by atoms with Gasteiger partial charge in [-0.05, 0) is 47.7 Å². The second-order valence-corrected chi connectivity index (χ2v) is 7.47. The number of hydrogen-bond acceptors (Lipinski definition) is 6. The number of fused-ring (bicyclic) bond motifs is 1.